The molecule has 7 rings (SSSR count). The van der Waals surface area contributed by atoms with E-state index in [9.17, 15) is 31.9 Å². The predicted molar refractivity (Wildman–Crippen MR) is 168 cm³/mol. The molecule has 3 aliphatic rings. The topological polar surface area (TPSA) is 142 Å². The zero-order valence-electron chi connectivity index (χ0n) is 25.9. The number of allylic oxidation sites excluding steroid dienone is 1. The molecule has 3 N–H and O–H groups in total. The number of carbonyl (C=O) groups excluding carboxylic acids is 3. The van der Waals surface area contributed by atoms with Crippen LogP contribution < -0.4 is 25.4 Å². The van der Waals surface area contributed by atoms with Gasteiger partial charge in [-0.1, -0.05) is 18.9 Å². The maximum absolute atomic E-state index is 14.1. The van der Waals surface area contributed by atoms with Crippen molar-refractivity contribution in [3.63, 3.8) is 0 Å². The van der Waals surface area contributed by atoms with Gasteiger partial charge in [-0.25, -0.2) is 36.9 Å². The van der Waals surface area contributed by atoms with Crippen molar-refractivity contribution in [2.75, 3.05) is 17.2 Å². The minimum atomic E-state index is -2.81. The molecule has 1 saturated carbocycles. The number of nitrogens with one attached hydrogen (secondary N) is 1. The Morgan fingerprint density at radius 3 is 2.51 bits per heavy atom. The van der Waals surface area contributed by atoms with Gasteiger partial charge in [0.05, 0.1) is 29.3 Å². The Balaban J connectivity index is 1.15. The number of alkyl halides is 2. The van der Waals surface area contributed by atoms with Crippen LogP contribution in [0.1, 0.15) is 52.7 Å². The van der Waals surface area contributed by atoms with Gasteiger partial charge in [-0.3, -0.25) is 9.59 Å². The summed E-state index contributed by atoms with van der Waals surface area (Å²) in [5.41, 5.74) is 7.69. The van der Waals surface area contributed by atoms with Crippen molar-refractivity contribution < 1.29 is 41.4 Å². The van der Waals surface area contributed by atoms with Crippen LogP contribution in [0.4, 0.5) is 33.9 Å². The summed E-state index contributed by atoms with van der Waals surface area (Å²) in [6, 6.07) is 7.03. The Morgan fingerprint density at radius 2 is 1.82 bits per heavy atom. The first-order valence-electron chi connectivity index (χ1n) is 15.4. The lowest BCUT2D eigenvalue weighted by Gasteiger charge is -2.22. The number of nitrogen functional groups attached to an aromatic ring is 1. The van der Waals surface area contributed by atoms with Gasteiger partial charge in [0, 0.05) is 18.1 Å². The Kier molecular flexibility index (Phi) is 7.84. The average molecular weight is 677 g/mol. The van der Waals surface area contributed by atoms with E-state index in [4.69, 9.17) is 15.2 Å². The Labute approximate surface area is 276 Å². The third kappa shape index (κ3) is 5.54. The molecule has 1 aliphatic heterocycles. The first-order valence-corrected chi connectivity index (χ1v) is 15.4. The van der Waals surface area contributed by atoms with Gasteiger partial charge in [0.2, 0.25) is 11.6 Å². The van der Waals surface area contributed by atoms with Crippen LogP contribution in [0, 0.1) is 18.6 Å². The number of halogens is 4. The average Bonchev–Trinajstić information content (AvgIpc) is 3.84. The molecule has 3 heterocycles. The number of benzene rings is 2. The molecule has 0 atom stereocenters. The molecule has 0 unspecified atom stereocenters. The molecule has 11 nitrogen and oxygen atoms in total. The number of anilines is 2. The molecule has 2 aromatic carbocycles. The number of hydrogen-bond donors (Lipinski definition) is 2. The van der Waals surface area contributed by atoms with Crippen molar-refractivity contribution in [2.24, 2.45) is 0 Å². The molecule has 1 spiro atoms. The zero-order valence-corrected chi connectivity index (χ0v) is 25.9. The highest BCUT2D eigenvalue weighted by atomic mass is 19.3. The fourth-order valence-electron chi connectivity index (χ4n) is 6.49. The summed E-state index contributed by atoms with van der Waals surface area (Å²) in [5.74, 6) is -3.51. The summed E-state index contributed by atoms with van der Waals surface area (Å²) in [7, 11) is 0. The van der Waals surface area contributed by atoms with Gasteiger partial charge in [-0.2, -0.15) is 5.10 Å². The molecule has 2 aliphatic carbocycles. The fraction of sp³-hybridized carbons (Fsp3) is 0.265. The Morgan fingerprint density at radius 1 is 1.08 bits per heavy atom. The highest BCUT2D eigenvalue weighted by molar-refractivity contribution is 6.24. The van der Waals surface area contributed by atoms with Crippen molar-refractivity contribution >= 4 is 35.3 Å². The van der Waals surface area contributed by atoms with Gasteiger partial charge in [0.15, 0.2) is 17.4 Å². The second-order valence-corrected chi connectivity index (χ2v) is 12.1. The molecule has 252 valence electrons. The summed E-state index contributed by atoms with van der Waals surface area (Å²) >= 11 is 0. The van der Waals surface area contributed by atoms with E-state index in [1.807, 2.05) is 0 Å². The molecular formula is C34H28F4N6O5. The summed E-state index contributed by atoms with van der Waals surface area (Å²) in [6.07, 6.45) is 3.95. The van der Waals surface area contributed by atoms with Crippen LogP contribution >= 0.6 is 0 Å². The number of Topliss-reactive ketones (excluding diaryl/α,β-unsaturated/α-hetero) is 1. The predicted octanol–water partition coefficient (Wildman–Crippen LogP) is 6.06. The van der Waals surface area contributed by atoms with Crippen molar-refractivity contribution in [1.82, 2.24) is 20.1 Å². The van der Waals surface area contributed by atoms with Crippen LogP contribution in [0.3, 0.4) is 0 Å². The second kappa shape index (κ2) is 12.1. The van der Waals surface area contributed by atoms with E-state index in [-0.39, 0.29) is 35.1 Å². The number of ketones is 1. The quantitative estimate of drug-likeness (QED) is 0.124. The SMILES string of the molecule is Cc1cc(Oc2c(F)cccc2F)ncc1-n1ncc(C(=O)C2=Cc3cc(OCC(F)F)c(N4C(=O)NC5(CCCC5)C4=O)cc3C2)c1N. The van der Waals surface area contributed by atoms with Gasteiger partial charge < -0.3 is 20.5 Å². The standard InChI is InChI=1S/C34H28F4N6O5/c1-17-9-28(49-30-22(35)5-4-6-23(30)36)40-15-25(17)44-31(39)21(14-41-44)29(45)20-10-18-12-24(26(13-19(18)11-20)48-16-27(37)38)43-32(46)34(42-33(43)47)7-2-3-8-34/h4-6,9,11-15,27H,2-3,7-8,10,16,39H2,1H3,(H,42,47). The van der Waals surface area contributed by atoms with Gasteiger partial charge in [0.1, 0.15) is 23.7 Å². The zero-order chi connectivity index (χ0) is 34.6. The van der Waals surface area contributed by atoms with Crippen molar-refractivity contribution in [2.45, 2.75) is 51.0 Å². The third-order valence-electron chi connectivity index (χ3n) is 8.91. The van der Waals surface area contributed by atoms with Crippen molar-refractivity contribution in [3.8, 4) is 23.1 Å². The van der Waals surface area contributed by atoms with E-state index < -0.39 is 53.7 Å². The maximum Gasteiger partial charge on any atom is 0.329 e. The number of imide groups is 1. The van der Waals surface area contributed by atoms with Gasteiger partial charge in [-0.15, -0.1) is 0 Å². The molecule has 3 amide bonds. The lowest BCUT2D eigenvalue weighted by molar-refractivity contribution is -0.121. The number of carbonyl (C=O) groups is 3. The fourth-order valence-corrected chi connectivity index (χ4v) is 6.49. The van der Waals surface area contributed by atoms with E-state index in [2.05, 4.69) is 15.4 Å². The summed E-state index contributed by atoms with van der Waals surface area (Å²) in [4.78, 5) is 45.4. The molecular weight excluding hydrogens is 648 g/mol. The van der Waals surface area contributed by atoms with Gasteiger partial charge in [-0.05, 0) is 66.8 Å². The number of amides is 3. The number of rotatable bonds is 9. The van der Waals surface area contributed by atoms with Crippen LogP contribution in [-0.4, -0.2) is 51.1 Å². The van der Waals surface area contributed by atoms with E-state index in [0.717, 1.165) is 29.9 Å². The molecule has 1 saturated heterocycles. The molecule has 49 heavy (non-hydrogen) atoms. The molecule has 0 bridgehead atoms. The minimum Gasteiger partial charge on any atom is -0.485 e. The van der Waals surface area contributed by atoms with Crippen LogP contribution in [0.15, 0.2) is 54.4 Å². The van der Waals surface area contributed by atoms with Crippen molar-refractivity contribution in [3.05, 3.63) is 88.3 Å². The van der Waals surface area contributed by atoms with Crippen LogP contribution in [-0.2, 0) is 11.2 Å². The number of fused-ring (bicyclic) bond motifs is 1. The largest absolute Gasteiger partial charge is 0.485 e. The first-order chi connectivity index (χ1) is 23.5. The number of ether oxygens (including phenoxy) is 2. The Hall–Kier alpha value is -5.73. The number of nitrogens with two attached hydrogens (primary N) is 1. The summed E-state index contributed by atoms with van der Waals surface area (Å²) in [5, 5.41) is 7.05. The monoisotopic (exact) mass is 676 g/mol. The van der Waals surface area contributed by atoms with E-state index in [0.29, 0.717) is 40.8 Å². The number of pyridine rings is 1. The second-order valence-electron chi connectivity index (χ2n) is 12.1. The molecule has 2 fully saturated rings. The maximum atomic E-state index is 14.1. The smallest absolute Gasteiger partial charge is 0.329 e. The lowest BCUT2D eigenvalue weighted by atomic mass is 9.97. The molecule has 0 radical (unpaired) electrons. The van der Waals surface area contributed by atoms with Gasteiger partial charge >= 0.3 is 6.03 Å². The highest BCUT2D eigenvalue weighted by Crippen LogP contribution is 2.43. The number of aryl methyl sites for hydroxylation is 1. The first kappa shape index (κ1) is 31.8. The van der Waals surface area contributed by atoms with Gasteiger partial charge in [0.25, 0.3) is 12.3 Å². The van der Waals surface area contributed by atoms with Crippen LogP contribution in [0.5, 0.6) is 17.4 Å². The number of nitrogens with zero attached hydrogens (tertiary/aromatic N) is 4. The number of para-hydroxylation sites is 1. The van der Waals surface area contributed by atoms with E-state index in [1.54, 1.807) is 13.0 Å². The normalized spacial score (nSPS) is 16.4. The molecule has 2 aromatic heterocycles. The minimum absolute atomic E-state index is 0.0107. The van der Waals surface area contributed by atoms with E-state index >= 15 is 0 Å². The van der Waals surface area contributed by atoms with Crippen LogP contribution in [0.25, 0.3) is 11.8 Å². The molecule has 4 aromatic rings. The Bertz CT molecular complexity index is 2050. The summed E-state index contributed by atoms with van der Waals surface area (Å²) < 4.78 is 66.5. The third-order valence-corrected chi connectivity index (χ3v) is 8.91. The number of urea groups is 1. The number of hydrogen-bond acceptors (Lipinski definition) is 8. The van der Waals surface area contributed by atoms with Crippen LogP contribution in [0.2, 0.25) is 0 Å². The lowest BCUT2D eigenvalue weighted by Crippen LogP contribution is -2.44. The van der Waals surface area contributed by atoms with E-state index in [1.165, 1.54) is 41.3 Å². The summed E-state index contributed by atoms with van der Waals surface area (Å²) in [6.45, 7) is 0.707. The molecule has 15 heteroatoms. The number of aromatic nitrogens is 3. The highest BCUT2D eigenvalue weighted by Gasteiger charge is 2.53. The van der Waals surface area contributed by atoms with Crippen molar-refractivity contribution in [1.29, 1.82) is 0 Å².